The van der Waals surface area contributed by atoms with Gasteiger partial charge in [-0.15, -0.1) is 0 Å². The number of sulfone groups is 1. The predicted octanol–water partition coefficient (Wildman–Crippen LogP) is 0.775. The molecular weight excluding hydrogens is 292 g/mol. The lowest BCUT2D eigenvalue weighted by atomic mass is 9.89. The highest BCUT2D eigenvalue weighted by Gasteiger charge is 2.42. The van der Waals surface area contributed by atoms with Crippen molar-refractivity contribution in [3.63, 3.8) is 0 Å². The number of pyridine rings is 1. The molecule has 0 radical (unpaired) electrons. The largest absolute Gasteiger partial charge is 0.471 e. The first-order valence-electron chi connectivity index (χ1n) is 7.15. The second-order valence-corrected chi connectivity index (χ2v) is 7.75. The first-order valence-corrected chi connectivity index (χ1v) is 9.04. The lowest BCUT2D eigenvalue weighted by Gasteiger charge is -2.32. The third-order valence-corrected chi connectivity index (χ3v) is 5.21. The van der Waals surface area contributed by atoms with Gasteiger partial charge in [-0.05, 0) is 38.1 Å². The van der Waals surface area contributed by atoms with E-state index in [4.69, 9.17) is 9.47 Å². The standard InChI is InChI=1S/C14H20N2O4S/c1-21(17,18)12-3-2-6-16-13(12)20-11-9-14(19-10-11)4-7-15-8-5-14/h2-3,6,11,15H,4-5,7-10H2,1H3. The van der Waals surface area contributed by atoms with Gasteiger partial charge in [0.05, 0.1) is 12.2 Å². The second-order valence-electron chi connectivity index (χ2n) is 5.77. The summed E-state index contributed by atoms with van der Waals surface area (Å²) in [5, 5.41) is 3.32. The quantitative estimate of drug-likeness (QED) is 0.888. The molecule has 2 fully saturated rings. The minimum atomic E-state index is -3.35. The van der Waals surface area contributed by atoms with Crippen LogP contribution in [0.25, 0.3) is 0 Å². The van der Waals surface area contributed by atoms with Gasteiger partial charge in [-0.3, -0.25) is 0 Å². The average Bonchev–Trinajstić information content (AvgIpc) is 2.81. The van der Waals surface area contributed by atoms with Crippen LogP contribution in [0.2, 0.25) is 0 Å². The van der Waals surface area contributed by atoms with Crippen molar-refractivity contribution >= 4 is 9.84 Å². The Bertz CT molecular complexity index is 611. The monoisotopic (exact) mass is 312 g/mol. The SMILES string of the molecule is CS(=O)(=O)c1cccnc1OC1COC2(CCNCC2)C1. The Labute approximate surface area is 124 Å². The molecule has 1 unspecified atom stereocenters. The molecule has 7 heteroatoms. The minimum Gasteiger partial charge on any atom is -0.471 e. The van der Waals surface area contributed by atoms with Gasteiger partial charge in [0, 0.05) is 18.9 Å². The van der Waals surface area contributed by atoms with E-state index in [2.05, 4.69) is 10.3 Å². The first kappa shape index (κ1) is 14.7. The normalized spacial score (nSPS) is 25.1. The number of aromatic nitrogens is 1. The van der Waals surface area contributed by atoms with E-state index >= 15 is 0 Å². The molecule has 0 aromatic carbocycles. The van der Waals surface area contributed by atoms with Crippen LogP contribution in [-0.4, -0.2) is 51.1 Å². The van der Waals surface area contributed by atoms with E-state index in [1.54, 1.807) is 12.3 Å². The molecule has 1 spiro atoms. The molecule has 0 aliphatic carbocycles. The van der Waals surface area contributed by atoms with Gasteiger partial charge in [0.2, 0.25) is 5.88 Å². The van der Waals surface area contributed by atoms with Crippen molar-refractivity contribution in [3.05, 3.63) is 18.3 Å². The summed E-state index contributed by atoms with van der Waals surface area (Å²) in [6.07, 6.45) is 5.28. The number of hydrogen-bond donors (Lipinski definition) is 1. The number of ether oxygens (including phenoxy) is 2. The van der Waals surface area contributed by atoms with Crippen molar-refractivity contribution in [2.45, 2.75) is 35.9 Å². The molecule has 1 aromatic rings. The van der Waals surface area contributed by atoms with Gasteiger partial charge in [-0.1, -0.05) is 0 Å². The molecule has 0 amide bonds. The lowest BCUT2D eigenvalue weighted by molar-refractivity contribution is -0.0206. The number of piperidine rings is 1. The summed E-state index contributed by atoms with van der Waals surface area (Å²) in [5.41, 5.74) is -0.115. The Morgan fingerprint density at radius 2 is 2.19 bits per heavy atom. The predicted molar refractivity (Wildman–Crippen MR) is 77.2 cm³/mol. The Morgan fingerprint density at radius 1 is 1.43 bits per heavy atom. The van der Waals surface area contributed by atoms with Gasteiger partial charge in [-0.2, -0.15) is 0 Å². The fraction of sp³-hybridized carbons (Fsp3) is 0.643. The van der Waals surface area contributed by atoms with E-state index in [0.29, 0.717) is 6.61 Å². The Balaban J connectivity index is 1.74. The fourth-order valence-corrected chi connectivity index (χ4v) is 3.76. The van der Waals surface area contributed by atoms with Crippen molar-refractivity contribution in [1.29, 1.82) is 0 Å². The molecule has 2 aliphatic heterocycles. The third kappa shape index (κ3) is 3.20. The molecule has 1 atom stereocenters. The molecule has 2 saturated heterocycles. The molecule has 1 aromatic heterocycles. The molecule has 0 saturated carbocycles. The lowest BCUT2D eigenvalue weighted by Crippen LogP contribution is -2.41. The zero-order valence-electron chi connectivity index (χ0n) is 12.0. The molecule has 3 heterocycles. The molecule has 21 heavy (non-hydrogen) atoms. The van der Waals surface area contributed by atoms with Crippen LogP contribution in [0.15, 0.2) is 23.2 Å². The minimum absolute atomic E-state index is 0.115. The maximum Gasteiger partial charge on any atom is 0.232 e. The summed E-state index contributed by atoms with van der Waals surface area (Å²) >= 11 is 0. The zero-order chi connectivity index (χ0) is 14.9. The van der Waals surface area contributed by atoms with Gasteiger partial charge < -0.3 is 14.8 Å². The summed E-state index contributed by atoms with van der Waals surface area (Å²) < 4.78 is 35.3. The molecule has 3 rings (SSSR count). The van der Waals surface area contributed by atoms with E-state index in [0.717, 1.165) is 38.6 Å². The molecule has 6 nitrogen and oxygen atoms in total. The highest BCUT2D eigenvalue weighted by atomic mass is 32.2. The van der Waals surface area contributed by atoms with Crippen LogP contribution >= 0.6 is 0 Å². The van der Waals surface area contributed by atoms with Gasteiger partial charge >= 0.3 is 0 Å². The molecule has 2 aliphatic rings. The molecule has 1 N–H and O–H groups in total. The van der Waals surface area contributed by atoms with E-state index < -0.39 is 9.84 Å². The summed E-state index contributed by atoms with van der Waals surface area (Å²) in [6, 6.07) is 3.12. The Hall–Kier alpha value is -1.18. The number of nitrogens with zero attached hydrogens (tertiary/aromatic N) is 1. The van der Waals surface area contributed by atoms with E-state index in [1.807, 2.05) is 0 Å². The van der Waals surface area contributed by atoms with Crippen LogP contribution in [0.4, 0.5) is 0 Å². The number of nitrogens with one attached hydrogen (secondary N) is 1. The topological polar surface area (TPSA) is 77.5 Å². The van der Waals surface area contributed by atoms with Gasteiger partial charge in [-0.25, -0.2) is 13.4 Å². The van der Waals surface area contributed by atoms with E-state index in [9.17, 15) is 8.42 Å². The van der Waals surface area contributed by atoms with Crippen LogP contribution in [0.1, 0.15) is 19.3 Å². The summed E-state index contributed by atoms with van der Waals surface area (Å²) in [6.45, 7) is 2.38. The second kappa shape index (κ2) is 5.55. The first-order chi connectivity index (χ1) is 9.99. The number of hydrogen-bond acceptors (Lipinski definition) is 6. The van der Waals surface area contributed by atoms with E-state index in [-0.39, 0.29) is 22.5 Å². The van der Waals surface area contributed by atoms with Crippen molar-refractivity contribution in [3.8, 4) is 5.88 Å². The smallest absolute Gasteiger partial charge is 0.232 e. The van der Waals surface area contributed by atoms with Crippen LogP contribution in [0.5, 0.6) is 5.88 Å². The third-order valence-electron chi connectivity index (χ3n) is 4.10. The Kier molecular flexibility index (Phi) is 3.90. The summed E-state index contributed by atoms with van der Waals surface area (Å²) in [5.74, 6) is 0.180. The fourth-order valence-electron chi connectivity index (χ4n) is 3.01. The van der Waals surface area contributed by atoms with Crippen LogP contribution < -0.4 is 10.1 Å². The molecule has 0 bridgehead atoms. The number of rotatable bonds is 3. The van der Waals surface area contributed by atoms with Crippen molar-refractivity contribution in [2.24, 2.45) is 0 Å². The van der Waals surface area contributed by atoms with Crippen molar-refractivity contribution in [2.75, 3.05) is 26.0 Å². The van der Waals surface area contributed by atoms with Crippen molar-refractivity contribution < 1.29 is 17.9 Å². The van der Waals surface area contributed by atoms with Crippen LogP contribution in [-0.2, 0) is 14.6 Å². The summed E-state index contributed by atoms with van der Waals surface area (Å²) in [7, 11) is -3.35. The highest BCUT2D eigenvalue weighted by molar-refractivity contribution is 7.90. The molecular formula is C14H20N2O4S. The highest BCUT2D eigenvalue weighted by Crippen LogP contribution is 2.36. The van der Waals surface area contributed by atoms with Gasteiger partial charge in [0.25, 0.3) is 0 Å². The van der Waals surface area contributed by atoms with Crippen LogP contribution in [0, 0.1) is 0 Å². The van der Waals surface area contributed by atoms with Gasteiger partial charge in [0.15, 0.2) is 9.84 Å². The maximum atomic E-state index is 11.8. The van der Waals surface area contributed by atoms with Crippen molar-refractivity contribution in [1.82, 2.24) is 10.3 Å². The van der Waals surface area contributed by atoms with Gasteiger partial charge in [0.1, 0.15) is 11.0 Å². The van der Waals surface area contributed by atoms with E-state index in [1.165, 1.54) is 6.07 Å². The summed E-state index contributed by atoms with van der Waals surface area (Å²) in [4.78, 5) is 4.21. The average molecular weight is 312 g/mol. The maximum absolute atomic E-state index is 11.8. The van der Waals surface area contributed by atoms with Crippen LogP contribution in [0.3, 0.4) is 0 Å². The Morgan fingerprint density at radius 3 is 2.90 bits per heavy atom. The zero-order valence-corrected chi connectivity index (χ0v) is 12.9. The molecule has 116 valence electrons.